The zero-order valence-electron chi connectivity index (χ0n) is 10.1. The van der Waals surface area contributed by atoms with Gasteiger partial charge in [-0.25, -0.2) is 4.98 Å². The monoisotopic (exact) mass is 275 g/mol. The molecular weight excluding hydrogens is 258 g/mol. The van der Waals surface area contributed by atoms with Gasteiger partial charge in [0.1, 0.15) is 0 Å². The maximum absolute atomic E-state index is 11.5. The molecule has 1 aromatic heterocycles. The largest absolute Gasteiger partial charge is 0.355 e. The number of carbonyl (C=O) groups is 1. The van der Waals surface area contributed by atoms with Crippen LogP contribution in [0.3, 0.4) is 0 Å². The molecule has 0 unspecified atom stereocenters. The third kappa shape index (κ3) is 3.66. The maximum atomic E-state index is 11.5. The second-order valence-electron chi connectivity index (χ2n) is 4.15. The highest BCUT2D eigenvalue weighted by Crippen LogP contribution is 2.16. The summed E-state index contributed by atoms with van der Waals surface area (Å²) in [5.41, 5.74) is 1.11. The highest BCUT2D eigenvalue weighted by Gasteiger charge is 2.24. The number of hydrogen-bond acceptors (Lipinski definition) is 4. The van der Waals surface area contributed by atoms with Gasteiger partial charge in [-0.05, 0) is 13.8 Å². The van der Waals surface area contributed by atoms with Crippen molar-refractivity contribution in [1.82, 2.24) is 15.6 Å². The van der Waals surface area contributed by atoms with Gasteiger partial charge in [-0.2, -0.15) is 0 Å². The van der Waals surface area contributed by atoms with Crippen molar-refractivity contribution in [3.8, 4) is 0 Å². The van der Waals surface area contributed by atoms with Crippen LogP contribution < -0.4 is 10.6 Å². The quantitative estimate of drug-likeness (QED) is 0.864. The fraction of sp³-hybridized carbons (Fsp3) is 0.636. The summed E-state index contributed by atoms with van der Waals surface area (Å²) in [6, 6.07) is 0. The first-order valence-corrected chi connectivity index (χ1v) is 6.40. The second-order valence-corrected chi connectivity index (χ2v) is 5.43. The van der Waals surface area contributed by atoms with Crippen LogP contribution >= 0.6 is 23.7 Å². The summed E-state index contributed by atoms with van der Waals surface area (Å²) in [5.74, 6) is 0.350. The highest BCUT2D eigenvalue weighted by atomic mass is 35.5. The summed E-state index contributed by atoms with van der Waals surface area (Å²) in [7, 11) is 0. The van der Waals surface area contributed by atoms with Crippen LogP contribution in [0.1, 0.15) is 15.6 Å². The van der Waals surface area contributed by atoms with Crippen molar-refractivity contribution in [1.29, 1.82) is 0 Å². The van der Waals surface area contributed by atoms with E-state index in [1.165, 1.54) is 4.88 Å². The van der Waals surface area contributed by atoms with Crippen molar-refractivity contribution in [3.63, 3.8) is 0 Å². The molecule has 4 nitrogen and oxygen atoms in total. The van der Waals surface area contributed by atoms with E-state index in [2.05, 4.69) is 22.5 Å². The molecule has 96 valence electrons. The second kappa shape index (κ2) is 6.33. The summed E-state index contributed by atoms with van der Waals surface area (Å²) in [6.45, 7) is 6.44. The van der Waals surface area contributed by atoms with Gasteiger partial charge in [0.2, 0.25) is 5.91 Å². The molecule has 1 saturated heterocycles. The first kappa shape index (κ1) is 14.4. The Morgan fingerprint density at radius 3 is 2.71 bits per heavy atom. The van der Waals surface area contributed by atoms with Crippen LogP contribution in [-0.4, -0.2) is 30.5 Å². The maximum Gasteiger partial charge on any atom is 0.225 e. The van der Waals surface area contributed by atoms with E-state index in [1.807, 2.05) is 6.92 Å². The van der Waals surface area contributed by atoms with Gasteiger partial charge in [-0.1, -0.05) is 0 Å². The Morgan fingerprint density at radius 1 is 1.53 bits per heavy atom. The lowest BCUT2D eigenvalue weighted by atomic mass is 10.0. The third-order valence-electron chi connectivity index (χ3n) is 2.86. The first-order chi connectivity index (χ1) is 7.66. The van der Waals surface area contributed by atoms with E-state index in [4.69, 9.17) is 0 Å². The number of carbonyl (C=O) groups excluding carboxylic acids is 1. The first-order valence-electron chi connectivity index (χ1n) is 5.58. The minimum absolute atomic E-state index is 0. The van der Waals surface area contributed by atoms with Crippen molar-refractivity contribution in [2.24, 2.45) is 5.92 Å². The smallest absolute Gasteiger partial charge is 0.225 e. The molecule has 0 bridgehead atoms. The van der Waals surface area contributed by atoms with Crippen molar-refractivity contribution < 1.29 is 4.79 Å². The summed E-state index contributed by atoms with van der Waals surface area (Å²) >= 11 is 1.72. The molecular formula is C11H18ClN3OS. The number of aromatic nitrogens is 1. The Kier molecular flexibility index (Phi) is 5.36. The SMILES string of the molecule is Cc1nc(CCNC(=O)C2CNC2)sc1C.Cl. The highest BCUT2D eigenvalue weighted by molar-refractivity contribution is 7.11. The number of halogens is 1. The Hall–Kier alpha value is -0.650. The number of hydrogen-bond donors (Lipinski definition) is 2. The summed E-state index contributed by atoms with van der Waals surface area (Å²) < 4.78 is 0. The van der Waals surface area contributed by atoms with E-state index in [0.717, 1.165) is 30.2 Å². The Labute approximate surface area is 112 Å². The minimum atomic E-state index is 0. The number of nitrogens with one attached hydrogen (secondary N) is 2. The van der Waals surface area contributed by atoms with Crippen molar-refractivity contribution in [2.45, 2.75) is 20.3 Å². The van der Waals surface area contributed by atoms with Crippen LogP contribution in [0.15, 0.2) is 0 Å². The molecule has 1 amide bonds. The van der Waals surface area contributed by atoms with Crippen molar-refractivity contribution in [2.75, 3.05) is 19.6 Å². The lowest BCUT2D eigenvalue weighted by Gasteiger charge is -2.25. The van der Waals surface area contributed by atoms with Gasteiger partial charge in [0.05, 0.1) is 16.6 Å². The van der Waals surface area contributed by atoms with Gasteiger partial charge in [-0.3, -0.25) is 4.79 Å². The van der Waals surface area contributed by atoms with Crippen LogP contribution in [0.5, 0.6) is 0 Å². The van der Waals surface area contributed by atoms with Gasteiger partial charge in [-0.15, -0.1) is 23.7 Å². The van der Waals surface area contributed by atoms with E-state index in [0.29, 0.717) is 6.54 Å². The molecule has 1 aliphatic rings. The molecule has 17 heavy (non-hydrogen) atoms. The molecule has 0 aromatic carbocycles. The molecule has 2 N–H and O–H groups in total. The normalized spacial score (nSPS) is 14.9. The van der Waals surface area contributed by atoms with E-state index < -0.39 is 0 Å². The molecule has 1 fully saturated rings. The summed E-state index contributed by atoms with van der Waals surface area (Å²) in [4.78, 5) is 17.2. The van der Waals surface area contributed by atoms with Gasteiger partial charge in [0.25, 0.3) is 0 Å². The average molecular weight is 276 g/mol. The molecule has 0 spiro atoms. The molecule has 2 heterocycles. The predicted octanol–water partition coefficient (Wildman–Crippen LogP) is 1.06. The molecule has 0 saturated carbocycles. The third-order valence-corrected chi connectivity index (χ3v) is 4.00. The van der Waals surface area contributed by atoms with Crippen LogP contribution in [0.4, 0.5) is 0 Å². The number of thiazole rings is 1. The Balaban J connectivity index is 0.00000144. The molecule has 6 heteroatoms. The van der Waals surface area contributed by atoms with Gasteiger partial charge >= 0.3 is 0 Å². The zero-order valence-corrected chi connectivity index (χ0v) is 11.7. The minimum Gasteiger partial charge on any atom is -0.355 e. The van der Waals surface area contributed by atoms with E-state index >= 15 is 0 Å². The van der Waals surface area contributed by atoms with Crippen LogP contribution in [0.25, 0.3) is 0 Å². The zero-order chi connectivity index (χ0) is 11.5. The molecule has 1 aromatic rings. The lowest BCUT2D eigenvalue weighted by Crippen LogP contribution is -2.51. The predicted molar refractivity (Wildman–Crippen MR) is 71.9 cm³/mol. The molecule has 0 aliphatic carbocycles. The lowest BCUT2D eigenvalue weighted by molar-refractivity contribution is -0.126. The Morgan fingerprint density at radius 2 is 2.24 bits per heavy atom. The molecule has 2 rings (SSSR count). The molecule has 0 radical (unpaired) electrons. The number of rotatable bonds is 4. The van der Waals surface area contributed by atoms with E-state index in [-0.39, 0.29) is 24.2 Å². The van der Waals surface area contributed by atoms with E-state index in [1.54, 1.807) is 11.3 Å². The molecule has 0 atom stereocenters. The summed E-state index contributed by atoms with van der Waals surface area (Å²) in [6.07, 6.45) is 0.839. The number of nitrogens with zero attached hydrogens (tertiary/aromatic N) is 1. The van der Waals surface area contributed by atoms with Crippen LogP contribution in [0.2, 0.25) is 0 Å². The molecule has 1 aliphatic heterocycles. The van der Waals surface area contributed by atoms with E-state index in [9.17, 15) is 4.79 Å². The number of aryl methyl sites for hydroxylation is 2. The fourth-order valence-corrected chi connectivity index (χ4v) is 2.49. The van der Waals surface area contributed by atoms with Crippen molar-refractivity contribution >= 4 is 29.7 Å². The van der Waals surface area contributed by atoms with Crippen LogP contribution in [0, 0.1) is 19.8 Å². The fourth-order valence-electron chi connectivity index (χ4n) is 1.56. The van der Waals surface area contributed by atoms with Crippen molar-refractivity contribution in [3.05, 3.63) is 15.6 Å². The standard InChI is InChI=1S/C11H17N3OS.ClH/c1-7-8(2)16-10(14-7)3-4-13-11(15)9-5-12-6-9;/h9,12H,3-6H2,1-2H3,(H,13,15);1H. The van der Waals surface area contributed by atoms with Gasteiger partial charge in [0, 0.05) is 30.9 Å². The topological polar surface area (TPSA) is 54.0 Å². The van der Waals surface area contributed by atoms with Gasteiger partial charge in [0.15, 0.2) is 0 Å². The van der Waals surface area contributed by atoms with Gasteiger partial charge < -0.3 is 10.6 Å². The van der Waals surface area contributed by atoms with Crippen LogP contribution in [-0.2, 0) is 11.2 Å². The Bertz CT molecular complexity index is 371. The average Bonchev–Trinajstić information content (AvgIpc) is 2.43. The number of amides is 1. The summed E-state index contributed by atoms with van der Waals surface area (Å²) in [5, 5.41) is 7.15.